The van der Waals surface area contributed by atoms with Gasteiger partial charge in [0, 0.05) is 25.5 Å². The second kappa shape index (κ2) is 13.8. The molecule has 0 aliphatic carbocycles. The Morgan fingerprint density at radius 2 is 1.93 bits per heavy atom. The van der Waals surface area contributed by atoms with E-state index in [2.05, 4.69) is 58.6 Å². The first-order chi connectivity index (χ1) is 13.5. The summed E-state index contributed by atoms with van der Waals surface area (Å²) in [6.07, 6.45) is 1.02. The van der Waals surface area contributed by atoms with Crippen LogP contribution in [-0.2, 0) is 13.1 Å². The Bertz CT molecular complexity index is 733. The summed E-state index contributed by atoms with van der Waals surface area (Å²) >= 11 is 1.68. The van der Waals surface area contributed by atoms with Crippen LogP contribution in [0.5, 0.6) is 5.75 Å². The maximum Gasteiger partial charge on any atom is 0.194 e. The van der Waals surface area contributed by atoms with Crippen molar-refractivity contribution in [2.24, 2.45) is 4.99 Å². The predicted octanol–water partition coefficient (Wildman–Crippen LogP) is 4.00. The van der Waals surface area contributed by atoms with Crippen LogP contribution < -0.4 is 10.1 Å². The molecule has 0 saturated heterocycles. The molecule has 0 saturated carbocycles. The van der Waals surface area contributed by atoms with Gasteiger partial charge in [-0.15, -0.1) is 35.3 Å². The van der Waals surface area contributed by atoms with Crippen LogP contribution in [-0.4, -0.2) is 61.6 Å². The highest BCUT2D eigenvalue weighted by molar-refractivity contribution is 14.0. The van der Waals surface area contributed by atoms with Gasteiger partial charge in [-0.25, -0.2) is 9.98 Å². The van der Waals surface area contributed by atoms with E-state index in [9.17, 15) is 0 Å². The van der Waals surface area contributed by atoms with Gasteiger partial charge in [-0.1, -0.05) is 12.1 Å². The first kappa shape index (κ1) is 25.6. The Morgan fingerprint density at radius 3 is 2.52 bits per heavy atom. The van der Waals surface area contributed by atoms with Gasteiger partial charge < -0.3 is 19.9 Å². The summed E-state index contributed by atoms with van der Waals surface area (Å²) < 4.78 is 5.79. The third-order valence-corrected chi connectivity index (χ3v) is 4.94. The number of benzene rings is 1. The summed E-state index contributed by atoms with van der Waals surface area (Å²) in [5.74, 6) is 1.80. The van der Waals surface area contributed by atoms with Crippen LogP contribution in [0.25, 0.3) is 0 Å². The zero-order chi connectivity index (χ0) is 20.4. The Morgan fingerprint density at radius 1 is 1.21 bits per heavy atom. The van der Waals surface area contributed by atoms with Gasteiger partial charge in [0.1, 0.15) is 5.75 Å². The molecule has 2 rings (SSSR count). The minimum Gasteiger partial charge on any atom is -0.494 e. The molecule has 8 heteroatoms. The fourth-order valence-electron chi connectivity index (χ4n) is 2.70. The van der Waals surface area contributed by atoms with Crippen LogP contribution in [0.15, 0.2) is 34.6 Å². The topological polar surface area (TPSA) is 53.0 Å². The van der Waals surface area contributed by atoms with Crippen LogP contribution in [0, 0.1) is 6.92 Å². The predicted molar refractivity (Wildman–Crippen MR) is 134 cm³/mol. The molecule has 2 aromatic rings. The number of thiazole rings is 1. The molecule has 0 atom stereocenters. The molecule has 0 bridgehead atoms. The van der Waals surface area contributed by atoms with Crippen LogP contribution in [0.3, 0.4) is 0 Å². The average molecular weight is 532 g/mol. The normalized spacial score (nSPS) is 11.3. The van der Waals surface area contributed by atoms with Gasteiger partial charge in [-0.3, -0.25) is 0 Å². The number of aryl methyl sites for hydroxylation is 1. The van der Waals surface area contributed by atoms with Crippen LogP contribution in [0.1, 0.15) is 29.6 Å². The number of aliphatic imine (C=N–C) groups is 1. The van der Waals surface area contributed by atoms with Gasteiger partial charge in [-0.2, -0.15) is 0 Å². The summed E-state index contributed by atoms with van der Waals surface area (Å²) in [7, 11) is 6.19. The van der Waals surface area contributed by atoms with Crippen LogP contribution >= 0.6 is 35.3 Å². The molecular formula is C21H34IN5OS. The molecule has 6 nitrogen and oxygen atoms in total. The highest BCUT2D eigenvalue weighted by Crippen LogP contribution is 2.14. The number of ether oxygens (including phenoxy) is 1. The van der Waals surface area contributed by atoms with Crippen LogP contribution in [0.2, 0.25) is 0 Å². The largest absolute Gasteiger partial charge is 0.494 e. The van der Waals surface area contributed by atoms with Crippen molar-refractivity contribution >= 4 is 41.3 Å². The smallest absolute Gasteiger partial charge is 0.194 e. The number of rotatable bonds is 10. The number of hydrogen-bond donors (Lipinski definition) is 1. The van der Waals surface area contributed by atoms with E-state index in [0.29, 0.717) is 6.54 Å². The van der Waals surface area contributed by atoms with Gasteiger partial charge in [-0.05, 0) is 52.1 Å². The number of hydrogen-bond acceptors (Lipinski definition) is 5. The molecule has 0 aliphatic heterocycles. The van der Waals surface area contributed by atoms with Crippen molar-refractivity contribution in [3.05, 3.63) is 45.9 Å². The Labute approximate surface area is 196 Å². The molecule has 1 N–H and O–H groups in total. The van der Waals surface area contributed by atoms with Gasteiger partial charge in [0.05, 0.1) is 30.4 Å². The maximum atomic E-state index is 5.79. The van der Waals surface area contributed by atoms with E-state index in [4.69, 9.17) is 9.73 Å². The third-order valence-electron chi connectivity index (χ3n) is 4.12. The van der Waals surface area contributed by atoms with E-state index in [0.717, 1.165) is 60.6 Å². The molecule has 1 aromatic carbocycles. The van der Waals surface area contributed by atoms with Crippen molar-refractivity contribution in [3.63, 3.8) is 0 Å². The van der Waals surface area contributed by atoms with E-state index < -0.39 is 0 Å². The third kappa shape index (κ3) is 9.77. The van der Waals surface area contributed by atoms with Crippen molar-refractivity contribution in [2.75, 3.05) is 40.8 Å². The molecule has 0 spiro atoms. The fourth-order valence-corrected chi connectivity index (χ4v) is 3.30. The van der Waals surface area contributed by atoms with Gasteiger partial charge in [0.25, 0.3) is 0 Å². The van der Waals surface area contributed by atoms with Crippen molar-refractivity contribution in [2.45, 2.75) is 33.4 Å². The SMILES string of the molecule is CCNC(=NCc1ccc(OCCCN(C)C)cc1)N(C)Cc1csc(C)n1.I. The zero-order valence-electron chi connectivity index (χ0n) is 18.1. The average Bonchev–Trinajstić information content (AvgIpc) is 3.07. The molecule has 1 aromatic heterocycles. The standard InChI is InChI=1S/C21H33N5OS.HI/c1-6-22-21(26(5)15-19-16-28-17(2)24-19)23-14-18-8-10-20(11-9-18)27-13-7-12-25(3)4;/h8-11,16H,6-7,12-15H2,1-5H3,(H,22,23);1H. The Balaban J connectivity index is 0.00000420. The molecule has 162 valence electrons. The number of guanidine groups is 1. The maximum absolute atomic E-state index is 5.79. The lowest BCUT2D eigenvalue weighted by molar-refractivity contribution is 0.281. The van der Waals surface area contributed by atoms with Gasteiger partial charge in [0.2, 0.25) is 0 Å². The lowest BCUT2D eigenvalue weighted by atomic mass is 10.2. The molecule has 0 unspecified atom stereocenters. The van der Waals surface area contributed by atoms with Crippen molar-refractivity contribution in [3.8, 4) is 5.75 Å². The van der Waals surface area contributed by atoms with E-state index in [-0.39, 0.29) is 24.0 Å². The van der Waals surface area contributed by atoms with E-state index >= 15 is 0 Å². The van der Waals surface area contributed by atoms with E-state index in [1.54, 1.807) is 11.3 Å². The summed E-state index contributed by atoms with van der Waals surface area (Å²) in [5, 5.41) is 6.55. The Kier molecular flexibility index (Phi) is 12.2. The number of nitrogens with zero attached hydrogens (tertiary/aromatic N) is 4. The Hall–Kier alpha value is -1.39. The molecule has 29 heavy (non-hydrogen) atoms. The van der Waals surface area contributed by atoms with E-state index in [1.807, 2.05) is 26.1 Å². The summed E-state index contributed by atoms with van der Waals surface area (Å²) in [6, 6.07) is 8.21. The minimum atomic E-state index is 0. The van der Waals surface area contributed by atoms with Crippen molar-refractivity contribution in [1.82, 2.24) is 20.1 Å². The fraction of sp³-hybridized carbons (Fsp3) is 0.524. The first-order valence-electron chi connectivity index (χ1n) is 9.75. The van der Waals surface area contributed by atoms with E-state index in [1.165, 1.54) is 0 Å². The number of aromatic nitrogens is 1. The highest BCUT2D eigenvalue weighted by atomic mass is 127. The van der Waals surface area contributed by atoms with Crippen LogP contribution in [0.4, 0.5) is 0 Å². The molecular weight excluding hydrogens is 497 g/mol. The zero-order valence-corrected chi connectivity index (χ0v) is 21.3. The lowest BCUT2D eigenvalue weighted by Gasteiger charge is -2.21. The molecule has 0 amide bonds. The van der Waals surface area contributed by atoms with Gasteiger partial charge in [0.15, 0.2) is 5.96 Å². The van der Waals surface area contributed by atoms with Crippen molar-refractivity contribution in [1.29, 1.82) is 0 Å². The molecule has 0 fully saturated rings. The minimum absolute atomic E-state index is 0. The van der Waals surface area contributed by atoms with Crippen molar-refractivity contribution < 1.29 is 4.74 Å². The monoisotopic (exact) mass is 531 g/mol. The summed E-state index contributed by atoms with van der Waals surface area (Å²) in [4.78, 5) is 13.6. The second-order valence-corrected chi connectivity index (χ2v) is 8.10. The first-order valence-corrected chi connectivity index (χ1v) is 10.6. The number of halogens is 1. The lowest BCUT2D eigenvalue weighted by Crippen LogP contribution is -2.38. The quantitative estimate of drug-likeness (QED) is 0.218. The second-order valence-electron chi connectivity index (χ2n) is 7.03. The molecule has 0 radical (unpaired) electrons. The molecule has 1 heterocycles. The summed E-state index contributed by atoms with van der Waals surface area (Å²) in [6.45, 7) is 8.09. The van der Waals surface area contributed by atoms with Gasteiger partial charge >= 0.3 is 0 Å². The molecule has 0 aliphatic rings. The highest BCUT2D eigenvalue weighted by Gasteiger charge is 2.08. The number of nitrogens with one attached hydrogen (secondary N) is 1. The summed E-state index contributed by atoms with van der Waals surface area (Å²) in [5.41, 5.74) is 2.24.